The number of rotatable bonds is 7. The van der Waals surface area contributed by atoms with Crippen LogP contribution < -0.4 is 20.1 Å². The molecule has 4 rings (SSSR count). The Hall–Kier alpha value is -3.55. The van der Waals surface area contributed by atoms with Gasteiger partial charge in [-0.1, -0.05) is 42.5 Å². The first-order valence-corrected chi connectivity index (χ1v) is 10.3. The van der Waals surface area contributed by atoms with Gasteiger partial charge in [-0.15, -0.1) is 0 Å². The number of fused-ring (bicyclic) bond motifs is 1. The number of nitrogens with one attached hydrogen (secondary N) is 2. The number of ether oxygens (including phenoxy) is 2. The van der Waals surface area contributed by atoms with Crippen molar-refractivity contribution in [1.82, 2.24) is 15.5 Å². The topological polar surface area (TPSA) is 97.0 Å². The standard InChI is InChI=1S/C23H25N3O5/c1-23(12-11-16-7-3-2-4-8-16)21(28)26(22(29)25-23)14-20(27)24-13-17-15-30-18-9-5-6-10-19(18)31-17/h2-10,17H,11-15H2,1H3,(H,24,27)(H,25,29)/t17-,23-/m1/s1. The van der Waals surface area contributed by atoms with E-state index >= 15 is 0 Å². The molecule has 8 heteroatoms. The van der Waals surface area contributed by atoms with Crippen molar-refractivity contribution in [3.8, 4) is 11.5 Å². The van der Waals surface area contributed by atoms with Crippen molar-refractivity contribution in [1.29, 1.82) is 0 Å². The number of amides is 4. The lowest BCUT2D eigenvalue weighted by atomic mass is 9.93. The number of hydrogen-bond acceptors (Lipinski definition) is 5. The molecule has 0 spiro atoms. The van der Waals surface area contributed by atoms with Crippen LogP contribution in [0.25, 0.3) is 0 Å². The van der Waals surface area contributed by atoms with Gasteiger partial charge in [0.05, 0.1) is 6.54 Å². The molecule has 2 aliphatic heterocycles. The van der Waals surface area contributed by atoms with E-state index in [9.17, 15) is 14.4 Å². The first kappa shape index (κ1) is 20.7. The molecule has 0 bridgehead atoms. The minimum absolute atomic E-state index is 0.210. The molecular weight excluding hydrogens is 398 g/mol. The fraction of sp³-hybridized carbons (Fsp3) is 0.348. The molecule has 0 unspecified atom stereocenters. The summed E-state index contributed by atoms with van der Waals surface area (Å²) >= 11 is 0. The Morgan fingerprint density at radius 3 is 2.61 bits per heavy atom. The highest BCUT2D eigenvalue weighted by Crippen LogP contribution is 2.30. The number of aryl methyl sites for hydroxylation is 1. The van der Waals surface area contributed by atoms with Crippen LogP contribution in [-0.2, 0) is 16.0 Å². The summed E-state index contributed by atoms with van der Waals surface area (Å²) < 4.78 is 11.4. The quantitative estimate of drug-likeness (QED) is 0.663. The molecule has 2 aromatic rings. The van der Waals surface area contributed by atoms with Gasteiger partial charge in [-0.25, -0.2) is 4.79 Å². The van der Waals surface area contributed by atoms with E-state index in [1.165, 1.54) is 0 Å². The maximum Gasteiger partial charge on any atom is 0.325 e. The average molecular weight is 423 g/mol. The number of nitrogens with zero attached hydrogens (tertiary/aromatic N) is 1. The number of hydrogen-bond donors (Lipinski definition) is 2. The van der Waals surface area contributed by atoms with E-state index in [1.807, 2.05) is 48.5 Å². The molecule has 0 aliphatic carbocycles. The summed E-state index contributed by atoms with van der Waals surface area (Å²) in [6, 6.07) is 16.5. The number of benzene rings is 2. The smallest absolute Gasteiger partial charge is 0.325 e. The van der Waals surface area contributed by atoms with Crippen LogP contribution in [0.5, 0.6) is 11.5 Å². The lowest BCUT2D eigenvalue weighted by molar-refractivity contribution is -0.134. The maximum atomic E-state index is 12.9. The van der Waals surface area contributed by atoms with E-state index in [2.05, 4.69) is 10.6 Å². The fourth-order valence-corrected chi connectivity index (χ4v) is 3.69. The maximum absolute atomic E-state index is 12.9. The molecule has 1 fully saturated rings. The molecule has 8 nitrogen and oxygen atoms in total. The SMILES string of the molecule is C[C@]1(CCc2ccccc2)NC(=O)N(CC(=O)NC[C@@H]2COc3ccccc3O2)C1=O. The molecule has 2 heterocycles. The highest BCUT2D eigenvalue weighted by Gasteiger charge is 2.47. The Bertz CT molecular complexity index is 980. The molecule has 2 N–H and O–H groups in total. The zero-order chi connectivity index (χ0) is 21.8. The predicted molar refractivity (Wildman–Crippen MR) is 113 cm³/mol. The summed E-state index contributed by atoms with van der Waals surface area (Å²) in [5, 5.41) is 5.45. The lowest BCUT2D eigenvalue weighted by Gasteiger charge is -2.26. The summed E-state index contributed by atoms with van der Waals surface area (Å²) in [6.07, 6.45) is 0.745. The third kappa shape index (κ3) is 4.63. The van der Waals surface area contributed by atoms with Gasteiger partial charge >= 0.3 is 6.03 Å². The number of urea groups is 1. The zero-order valence-corrected chi connectivity index (χ0v) is 17.3. The van der Waals surface area contributed by atoms with Crippen LogP contribution in [-0.4, -0.2) is 54.1 Å². The molecule has 2 atom stereocenters. The van der Waals surface area contributed by atoms with E-state index in [4.69, 9.17) is 9.47 Å². The van der Waals surface area contributed by atoms with E-state index in [1.54, 1.807) is 13.0 Å². The van der Waals surface area contributed by atoms with Crippen molar-refractivity contribution >= 4 is 17.8 Å². The minimum Gasteiger partial charge on any atom is -0.486 e. The van der Waals surface area contributed by atoms with Gasteiger partial charge in [-0.05, 0) is 37.5 Å². The number of para-hydroxylation sites is 2. The van der Waals surface area contributed by atoms with Gasteiger partial charge in [-0.3, -0.25) is 14.5 Å². The number of imide groups is 1. The van der Waals surface area contributed by atoms with Crippen molar-refractivity contribution in [2.24, 2.45) is 0 Å². The molecule has 2 aromatic carbocycles. The van der Waals surface area contributed by atoms with Crippen LogP contribution in [0.15, 0.2) is 54.6 Å². The summed E-state index contributed by atoms with van der Waals surface area (Å²) in [7, 11) is 0. The Balaban J connectivity index is 1.28. The van der Waals surface area contributed by atoms with Crippen molar-refractivity contribution in [3.63, 3.8) is 0 Å². The molecule has 162 valence electrons. The van der Waals surface area contributed by atoms with Gasteiger partial charge in [0, 0.05) is 0 Å². The predicted octanol–water partition coefficient (Wildman–Crippen LogP) is 1.89. The summed E-state index contributed by atoms with van der Waals surface area (Å²) in [4.78, 5) is 38.6. The van der Waals surface area contributed by atoms with E-state index in [0.717, 1.165) is 10.5 Å². The third-order valence-corrected chi connectivity index (χ3v) is 5.50. The van der Waals surface area contributed by atoms with E-state index in [-0.39, 0.29) is 19.2 Å². The molecule has 2 aliphatic rings. The Labute approximate surface area is 180 Å². The molecule has 4 amide bonds. The van der Waals surface area contributed by atoms with Crippen LogP contribution in [0, 0.1) is 0 Å². The molecule has 1 saturated heterocycles. The Morgan fingerprint density at radius 1 is 1.13 bits per heavy atom. The Kier molecular flexibility index (Phi) is 5.79. The summed E-state index contributed by atoms with van der Waals surface area (Å²) in [5.74, 6) is 0.462. The number of carbonyl (C=O) groups is 3. The Morgan fingerprint density at radius 2 is 1.84 bits per heavy atom. The van der Waals surface area contributed by atoms with Crippen molar-refractivity contribution < 1.29 is 23.9 Å². The van der Waals surface area contributed by atoms with Crippen LogP contribution >= 0.6 is 0 Å². The van der Waals surface area contributed by atoms with Crippen LogP contribution in [0.2, 0.25) is 0 Å². The fourth-order valence-electron chi connectivity index (χ4n) is 3.69. The molecular formula is C23H25N3O5. The molecule has 0 radical (unpaired) electrons. The van der Waals surface area contributed by atoms with Crippen LogP contribution in [0.4, 0.5) is 4.79 Å². The largest absolute Gasteiger partial charge is 0.486 e. The van der Waals surface area contributed by atoms with Gasteiger partial charge in [0.1, 0.15) is 24.8 Å². The van der Waals surface area contributed by atoms with Gasteiger partial charge in [0.25, 0.3) is 5.91 Å². The first-order chi connectivity index (χ1) is 14.9. The van der Waals surface area contributed by atoms with Crippen LogP contribution in [0.1, 0.15) is 18.9 Å². The van der Waals surface area contributed by atoms with Crippen molar-refractivity contribution in [3.05, 3.63) is 60.2 Å². The highest BCUT2D eigenvalue weighted by atomic mass is 16.6. The van der Waals surface area contributed by atoms with E-state index in [0.29, 0.717) is 30.9 Å². The molecule has 31 heavy (non-hydrogen) atoms. The van der Waals surface area contributed by atoms with Gasteiger partial charge < -0.3 is 20.1 Å². The summed E-state index contributed by atoms with van der Waals surface area (Å²) in [6.45, 7) is 1.87. The summed E-state index contributed by atoms with van der Waals surface area (Å²) in [5.41, 5.74) is 0.0512. The van der Waals surface area contributed by atoms with Crippen molar-refractivity contribution in [2.45, 2.75) is 31.4 Å². The normalized spacial score (nSPS) is 22.2. The monoisotopic (exact) mass is 423 g/mol. The highest BCUT2D eigenvalue weighted by molar-refractivity contribution is 6.08. The lowest BCUT2D eigenvalue weighted by Crippen LogP contribution is -2.47. The van der Waals surface area contributed by atoms with E-state index < -0.39 is 23.4 Å². The second-order valence-corrected chi connectivity index (χ2v) is 7.94. The second-order valence-electron chi connectivity index (χ2n) is 7.94. The van der Waals surface area contributed by atoms with Crippen LogP contribution in [0.3, 0.4) is 0 Å². The van der Waals surface area contributed by atoms with Gasteiger partial charge in [-0.2, -0.15) is 0 Å². The van der Waals surface area contributed by atoms with Crippen molar-refractivity contribution in [2.75, 3.05) is 19.7 Å². The zero-order valence-electron chi connectivity index (χ0n) is 17.3. The second kappa shape index (κ2) is 8.67. The van der Waals surface area contributed by atoms with Gasteiger partial charge in [0.15, 0.2) is 11.5 Å². The first-order valence-electron chi connectivity index (χ1n) is 10.3. The molecule has 0 saturated carbocycles. The average Bonchev–Trinajstić information content (AvgIpc) is 3.00. The number of carbonyl (C=O) groups excluding carboxylic acids is 3. The van der Waals surface area contributed by atoms with Gasteiger partial charge in [0.2, 0.25) is 5.91 Å². The minimum atomic E-state index is -1.03. The molecule has 0 aromatic heterocycles. The third-order valence-electron chi connectivity index (χ3n) is 5.50.